The number of hydrogen-bond acceptors (Lipinski definition) is 4. The van der Waals surface area contributed by atoms with Gasteiger partial charge in [0.25, 0.3) is 0 Å². The fraction of sp³-hybridized carbons (Fsp3) is 0.312. The molecule has 0 saturated carbocycles. The molecular formula is C16H19ClN2O2. The Morgan fingerprint density at radius 1 is 1.38 bits per heavy atom. The number of hydrogen-bond donors (Lipinski definition) is 1. The molecule has 5 heteroatoms. The van der Waals surface area contributed by atoms with Gasteiger partial charge in [0.15, 0.2) is 11.5 Å². The summed E-state index contributed by atoms with van der Waals surface area (Å²) in [7, 11) is 1.60. The van der Waals surface area contributed by atoms with Gasteiger partial charge in [0, 0.05) is 40.7 Å². The van der Waals surface area contributed by atoms with Gasteiger partial charge in [0.05, 0.1) is 7.11 Å². The second kappa shape index (κ2) is 7.29. The number of nitrogens with zero attached hydrogens (tertiary/aromatic N) is 1. The Kier molecular flexibility index (Phi) is 5.42. The van der Waals surface area contributed by atoms with Crippen molar-refractivity contribution in [2.75, 3.05) is 7.11 Å². The zero-order valence-corrected chi connectivity index (χ0v) is 12.9. The molecule has 1 aromatic carbocycles. The summed E-state index contributed by atoms with van der Waals surface area (Å²) in [4.78, 5) is 4.07. The van der Waals surface area contributed by atoms with Gasteiger partial charge in [0.1, 0.15) is 6.61 Å². The summed E-state index contributed by atoms with van der Waals surface area (Å²) in [5, 5.41) is 0.608. The van der Waals surface area contributed by atoms with Crippen molar-refractivity contribution in [1.82, 2.24) is 4.98 Å². The highest BCUT2D eigenvalue weighted by Crippen LogP contribution is 2.35. The van der Waals surface area contributed by atoms with E-state index in [4.69, 9.17) is 26.8 Å². The molecule has 1 atom stereocenters. The number of rotatable bonds is 6. The van der Waals surface area contributed by atoms with Gasteiger partial charge in [-0.1, -0.05) is 17.7 Å². The lowest BCUT2D eigenvalue weighted by atomic mass is 10.1. The monoisotopic (exact) mass is 306 g/mol. The summed E-state index contributed by atoms with van der Waals surface area (Å²) in [6.45, 7) is 2.36. The molecule has 1 heterocycles. The van der Waals surface area contributed by atoms with E-state index in [1.54, 1.807) is 25.6 Å². The number of ether oxygens (including phenoxy) is 2. The Labute approximate surface area is 129 Å². The van der Waals surface area contributed by atoms with Crippen LogP contribution in [-0.2, 0) is 13.0 Å². The van der Waals surface area contributed by atoms with Crippen molar-refractivity contribution in [3.63, 3.8) is 0 Å². The second-order valence-electron chi connectivity index (χ2n) is 4.93. The molecule has 4 nitrogen and oxygen atoms in total. The third-order valence-corrected chi connectivity index (χ3v) is 3.18. The minimum atomic E-state index is 0.00825. The molecule has 0 bridgehead atoms. The molecule has 0 aliphatic rings. The van der Waals surface area contributed by atoms with Crippen LogP contribution in [0.3, 0.4) is 0 Å². The molecule has 2 aromatic rings. The van der Waals surface area contributed by atoms with Crippen LogP contribution in [0.25, 0.3) is 0 Å². The topological polar surface area (TPSA) is 57.4 Å². The van der Waals surface area contributed by atoms with Crippen LogP contribution in [0.2, 0.25) is 5.02 Å². The zero-order chi connectivity index (χ0) is 15.2. The van der Waals surface area contributed by atoms with E-state index >= 15 is 0 Å². The Balaban J connectivity index is 2.26. The first-order valence-electron chi connectivity index (χ1n) is 6.74. The Bertz CT molecular complexity index is 588. The van der Waals surface area contributed by atoms with Crippen molar-refractivity contribution < 1.29 is 9.47 Å². The minimum absolute atomic E-state index is 0.00825. The van der Waals surface area contributed by atoms with E-state index in [9.17, 15) is 0 Å². The standard InChI is InChI=1S/C16H19ClN2O2/c1-11(18)6-13-7-14(17)8-15(20-2)16(13)21-10-12-4-3-5-19-9-12/h3-5,7-9,11H,6,10,18H2,1-2H3. The third-order valence-electron chi connectivity index (χ3n) is 2.96. The van der Waals surface area contributed by atoms with Crippen molar-refractivity contribution >= 4 is 11.6 Å². The number of methoxy groups -OCH3 is 1. The van der Waals surface area contributed by atoms with E-state index in [1.165, 1.54) is 0 Å². The summed E-state index contributed by atoms with van der Waals surface area (Å²) in [6, 6.07) is 7.45. The summed E-state index contributed by atoms with van der Waals surface area (Å²) in [6.07, 6.45) is 4.17. The van der Waals surface area contributed by atoms with Gasteiger partial charge in [-0.15, -0.1) is 0 Å². The Morgan fingerprint density at radius 2 is 2.19 bits per heavy atom. The van der Waals surface area contributed by atoms with Gasteiger partial charge >= 0.3 is 0 Å². The summed E-state index contributed by atoms with van der Waals surface area (Å²) < 4.78 is 11.3. The molecule has 0 saturated heterocycles. The summed E-state index contributed by atoms with van der Waals surface area (Å²) in [5.74, 6) is 1.30. The van der Waals surface area contributed by atoms with Gasteiger partial charge in [-0.25, -0.2) is 0 Å². The van der Waals surface area contributed by atoms with Crippen molar-refractivity contribution in [3.8, 4) is 11.5 Å². The van der Waals surface area contributed by atoms with Gasteiger partial charge in [-0.3, -0.25) is 4.98 Å². The first-order valence-corrected chi connectivity index (χ1v) is 7.11. The van der Waals surface area contributed by atoms with E-state index < -0.39 is 0 Å². The van der Waals surface area contributed by atoms with E-state index in [1.807, 2.05) is 25.1 Å². The van der Waals surface area contributed by atoms with Gasteiger partial charge in [-0.05, 0) is 25.5 Å². The normalized spacial score (nSPS) is 12.0. The molecule has 0 spiro atoms. The molecule has 2 rings (SSSR count). The molecule has 0 amide bonds. The molecule has 1 aromatic heterocycles. The predicted molar refractivity (Wildman–Crippen MR) is 83.9 cm³/mol. The van der Waals surface area contributed by atoms with Crippen molar-refractivity contribution in [3.05, 3.63) is 52.8 Å². The van der Waals surface area contributed by atoms with Crippen LogP contribution in [0.1, 0.15) is 18.1 Å². The number of aromatic nitrogens is 1. The van der Waals surface area contributed by atoms with E-state index in [0.717, 1.165) is 11.1 Å². The van der Waals surface area contributed by atoms with Gasteiger partial charge in [0.2, 0.25) is 0 Å². The number of halogens is 1. The van der Waals surface area contributed by atoms with Crippen molar-refractivity contribution in [1.29, 1.82) is 0 Å². The van der Waals surface area contributed by atoms with Crippen LogP contribution in [0, 0.1) is 0 Å². The highest BCUT2D eigenvalue weighted by Gasteiger charge is 2.14. The smallest absolute Gasteiger partial charge is 0.165 e. The average molecular weight is 307 g/mol. The maximum Gasteiger partial charge on any atom is 0.165 e. The van der Waals surface area contributed by atoms with E-state index in [-0.39, 0.29) is 6.04 Å². The predicted octanol–water partition coefficient (Wildman–Crippen LogP) is 3.21. The van der Waals surface area contributed by atoms with Crippen LogP contribution in [0.5, 0.6) is 11.5 Å². The zero-order valence-electron chi connectivity index (χ0n) is 12.2. The minimum Gasteiger partial charge on any atom is -0.493 e. The van der Waals surface area contributed by atoms with E-state index in [2.05, 4.69) is 4.98 Å². The molecule has 2 N–H and O–H groups in total. The van der Waals surface area contributed by atoms with Crippen LogP contribution >= 0.6 is 11.6 Å². The van der Waals surface area contributed by atoms with Crippen LogP contribution < -0.4 is 15.2 Å². The fourth-order valence-electron chi connectivity index (χ4n) is 2.08. The lowest BCUT2D eigenvalue weighted by Gasteiger charge is -2.17. The molecule has 112 valence electrons. The Hall–Kier alpha value is -1.78. The summed E-state index contributed by atoms with van der Waals surface area (Å²) >= 11 is 6.11. The molecule has 0 fully saturated rings. The van der Waals surface area contributed by atoms with Gasteiger partial charge < -0.3 is 15.2 Å². The highest BCUT2D eigenvalue weighted by molar-refractivity contribution is 6.30. The largest absolute Gasteiger partial charge is 0.493 e. The molecule has 0 aliphatic carbocycles. The van der Waals surface area contributed by atoms with E-state index in [0.29, 0.717) is 29.5 Å². The average Bonchev–Trinajstić information content (AvgIpc) is 2.46. The quantitative estimate of drug-likeness (QED) is 0.890. The van der Waals surface area contributed by atoms with Crippen LogP contribution in [-0.4, -0.2) is 18.1 Å². The lowest BCUT2D eigenvalue weighted by Crippen LogP contribution is -2.18. The molecule has 1 unspecified atom stereocenters. The number of nitrogens with two attached hydrogens (primary N) is 1. The number of benzene rings is 1. The fourth-order valence-corrected chi connectivity index (χ4v) is 2.31. The second-order valence-corrected chi connectivity index (χ2v) is 5.36. The maximum absolute atomic E-state index is 6.11. The molecule has 0 aliphatic heterocycles. The summed E-state index contributed by atoms with van der Waals surface area (Å²) in [5.41, 5.74) is 7.82. The first kappa shape index (κ1) is 15.6. The van der Waals surface area contributed by atoms with Crippen LogP contribution in [0.15, 0.2) is 36.7 Å². The Morgan fingerprint density at radius 3 is 2.81 bits per heavy atom. The molecule has 21 heavy (non-hydrogen) atoms. The highest BCUT2D eigenvalue weighted by atomic mass is 35.5. The van der Waals surface area contributed by atoms with Crippen molar-refractivity contribution in [2.24, 2.45) is 5.73 Å². The lowest BCUT2D eigenvalue weighted by molar-refractivity contribution is 0.280. The first-order chi connectivity index (χ1) is 10.1. The third kappa shape index (κ3) is 4.34. The number of pyridine rings is 1. The van der Waals surface area contributed by atoms with Gasteiger partial charge in [-0.2, -0.15) is 0 Å². The van der Waals surface area contributed by atoms with Crippen molar-refractivity contribution in [2.45, 2.75) is 26.0 Å². The van der Waals surface area contributed by atoms with Crippen LogP contribution in [0.4, 0.5) is 0 Å². The maximum atomic E-state index is 6.11. The molecular weight excluding hydrogens is 288 g/mol. The molecule has 0 radical (unpaired) electrons. The SMILES string of the molecule is COc1cc(Cl)cc(CC(C)N)c1OCc1cccnc1.